The molecule has 41 heavy (non-hydrogen) atoms. The molecule has 0 fully saturated rings. The van der Waals surface area contributed by atoms with Crippen molar-refractivity contribution in [2.45, 2.75) is 38.5 Å². The zero-order chi connectivity index (χ0) is 29.2. The number of ether oxygens (including phenoxy) is 4. The van der Waals surface area contributed by atoms with Crippen molar-refractivity contribution in [2.24, 2.45) is 0 Å². The topological polar surface area (TPSA) is 118 Å². The van der Waals surface area contributed by atoms with Crippen LogP contribution in [-0.2, 0) is 17.9 Å². The van der Waals surface area contributed by atoms with Crippen LogP contribution in [0.2, 0.25) is 0 Å². The molecule has 0 radical (unpaired) electrons. The van der Waals surface area contributed by atoms with Crippen molar-refractivity contribution < 1.29 is 41.8 Å². The summed E-state index contributed by atoms with van der Waals surface area (Å²) in [4.78, 5) is 28.2. The second-order valence-corrected chi connectivity index (χ2v) is 9.80. The van der Waals surface area contributed by atoms with Crippen LogP contribution in [0.4, 0.5) is 23.8 Å². The van der Waals surface area contributed by atoms with E-state index in [4.69, 9.17) is 14.2 Å². The molecule has 1 amide bonds. The second kappa shape index (κ2) is 11.0. The maximum absolute atomic E-state index is 12.5. The van der Waals surface area contributed by atoms with Crippen LogP contribution in [0.15, 0.2) is 60.8 Å². The minimum absolute atomic E-state index is 0.0769. The molecule has 216 valence electrons. The Morgan fingerprint density at radius 1 is 1.15 bits per heavy atom. The van der Waals surface area contributed by atoms with E-state index in [2.05, 4.69) is 9.72 Å². The largest absolute Gasteiger partial charge is 0.573 e. The van der Waals surface area contributed by atoms with Gasteiger partial charge in [0, 0.05) is 18.1 Å². The number of hydrogen-bond acceptors (Lipinski definition) is 8. The Kier molecular flexibility index (Phi) is 7.47. The molecule has 2 aliphatic heterocycles. The molecule has 0 unspecified atom stereocenters. The van der Waals surface area contributed by atoms with Gasteiger partial charge in [-0.05, 0) is 59.2 Å². The number of nitrogens with zero attached hydrogens (tertiary/aromatic N) is 4. The quantitative estimate of drug-likeness (QED) is 0.261. The lowest BCUT2D eigenvalue weighted by molar-refractivity contribution is -0.389. The molecule has 11 nitrogen and oxygen atoms in total. The van der Waals surface area contributed by atoms with Crippen LogP contribution in [-0.4, -0.2) is 57.1 Å². The lowest BCUT2D eigenvalue weighted by Gasteiger charge is -2.26. The zero-order valence-corrected chi connectivity index (χ0v) is 21.8. The third kappa shape index (κ3) is 6.88. The summed E-state index contributed by atoms with van der Waals surface area (Å²) in [5, 5.41) is 10.9. The van der Waals surface area contributed by atoms with Crippen LogP contribution in [0.5, 0.6) is 17.5 Å². The van der Waals surface area contributed by atoms with Gasteiger partial charge in [-0.25, -0.2) is 4.79 Å². The van der Waals surface area contributed by atoms with E-state index in [1.165, 1.54) is 18.3 Å². The van der Waals surface area contributed by atoms with Crippen LogP contribution < -0.4 is 14.2 Å². The number of aromatic nitrogens is 2. The van der Waals surface area contributed by atoms with Gasteiger partial charge in [-0.2, -0.15) is 0 Å². The van der Waals surface area contributed by atoms with E-state index in [9.17, 15) is 28.1 Å². The molecule has 1 atom stereocenters. The Bertz CT molecular complexity index is 1430. The maximum Gasteiger partial charge on any atom is 0.573 e. The van der Waals surface area contributed by atoms with Crippen molar-refractivity contribution >= 4 is 17.5 Å². The number of alkyl halides is 3. The van der Waals surface area contributed by atoms with E-state index in [1.54, 1.807) is 9.47 Å². The Morgan fingerprint density at radius 2 is 1.85 bits per heavy atom. The molecule has 0 spiro atoms. The smallest absolute Gasteiger partial charge is 0.489 e. The summed E-state index contributed by atoms with van der Waals surface area (Å²) in [6, 6.07) is 12.8. The maximum atomic E-state index is 12.5. The van der Waals surface area contributed by atoms with Crippen LogP contribution in [0.25, 0.3) is 5.57 Å². The average molecular weight is 575 g/mol. The number of carbonyl (C=O) groups excluding carboxylic acids is 1. The molecule has 0 saturated carbocycles. The average Bonchev–Trinajstić information content (AvgIpc) is 3.47. The van der Waals surface area contributed by atoms with Gasteiger partial charge in [0.1, 0.15) is 30.9 Å². The molecule has 5 rings (SSSR count). The summed E-state index contributed by atoms with van der Waals surface area (Å²) >= 11 is 0. The monoisotopic (exact) mass is 574 g/mol. The normalized spacial score (nSPS) is 18.2. The standard InChI is InChI=1S/C27H25F3N4O7/c1-26(16-33-14-23(34(36)37)31-24(33)41-26)17-39-21-8-4-19(5-9-21)20-10-12-32(13-11-20)25(35)38-15-18-2-6-22(7-3-18)40-27(28,29)30/h2-10,14H,11-13,15-17H2,1H3/t26-/m1/s1. The summed E-state index contributed by atoms with van der Waals surface area (Å²) in [5.74, 6) is 0.0258. The van der Waals surface area contributed by atoms with Crippen LogP contribution >= 0.6 is 0 Å². The summed E-state index contributed by atoms with van der Waals surface area (Å²) < 4.78 is 59.3. The summed E-state index contributed by atoms with van der Waals surface area (Å²) in [7, 11) is 0. The predicted molar refractivity (Wildman–Crippen MR) is 137 cm³/mol. The Labute approximate surface area is 231 Å². The number of fused-ring (bicyclic) bond motifs is 1. The zero-order valence-electron chi connectivity index (χ0n) is 21.8. The predicted octanol–water partition coefficient (Wildman–Crippen LogP) is 5.35. The minimum atomic E-state index is -4.77. The number of nitro groups is 1. The fourth-order valence-electron chi connectivity index (χ4n) is 4.48. The Balaban J connectivity index is 1.07. The molecule has 0 aliphatic carbocycles. The van der Waals surface area contributed by atoms with Gasteiger partial charge in [0.05, 0.1) is 6.54 Å². The highest BCUT2D eigenvalue weighted by Crippen LogP contribution is 2.32. The van der Waals surface area contributed by atoms with Gasteiger partial charge in [-0.3, -0.25) is 4.57 Å². The highest BCUT2D eigenvalue weighted by molar-refractivity contribution is 5.72. The lowest BCUT2D eigenvalue weighted by atomic mass is 9.99. The van der Waals surface area contributed by atoms with Crippen molar-refractivity contribution in [3.05, 3.63) is 82.0 Å². The van der Waals surface area contributed by atoms with Crippen LogP contribution in [0, 0.1) is 10.1 Å². The Morgan fingerprint density at radius 3 is 2.46 bits per heavy atom. The molecule has 2 aromatic carbocycles. The molecule has 3 heterocycles. The number of hydrogen-bond donors (Lipinski definition) is 0. The number of amides is 1. The number of rotatable bonds is 8. The van der Waals surface area contributed by atoms with Gasteiger partial charge in [0.15, 0.2) is 5.60 Å². The van der Waals surface area contributed by atoms with E-state index in [-0.39, 0.29) is 30.8 Å². The highest BCUT2D eigenvalue weighted by atomic mass is 19.4. The third-order valence-electron chi connectivity index (χ3n) is 6.51. The van der Waals surface area contributed by atoms with E-state index in [0.29, 0.717) is 37.4 Å². The first kappa shape index (κ1) is 27.8. The van der Waals surface area contributed by atoms with Crippen molar-refractivity contribution in [1.82, 2.24) is 14.5 Å². The third-order valence-corrected chi connectivity index (χ3v) is 6.51. The molecule has 0 saturated heterocycles. The van der Waals surface area contributed by atoms with Crippen molar-refractivity contribution in [1.29, 1.82) is 0 Å². The van der Waals surface area contributed by atoms with Gasteiger partial charge in [-0.15, -0.1) is 13.2 Å². The van der Waals surface area contributed by atoms with Crippen LogP contribution in [0.3, 0.4) is 0 Å². The first-order valence-electron chi connectivity index (χ1n) is 12.6. The number of benzene rings is 2. The molecule has 0 bridgehead atoms. The summed E-state index contributed by atoms with van der Waals surface area (Å²) in [6.45, 7) is 3.16. The van der Waals surface area contributed by atoms with E-state index < -0.39 is 23.0 Å². The Hall–Kier alpha value is -4.75. The van der Waals surface area contributed by atoms with Crippen molar-refractivity contribution in [3.63, 3.8) is 0 Å². The number of halogens is 3. The number of imidazole rings is 1. The fourth-order valence-corrected chi connectivity index (χ4v) is 4.48. The van der Waals surface area contributed by atoms with Crippen molar-refractivity contribution in [3.8, 4) is 17.5 Å². The highest BCUT2D eigenvalue weighted by Gasteiger charge is 2.41. The fraction of sp³-hybridized carbons (Fsp3) is 0.333. The van der Waals surface area contributed by atoms with Gasteiger partial charge in [0.2, 0.25) is 0 Å². The van der Waals surface area contributed by atoms with E-state index in [1.807, 2.05) is 37.3 Å². The van der Waals surface area contributed by atoms with Gasteiger partial charge in [-0.1, -0.05) is 30.3 Å². The minimum Gasteiger partial charge on any atom is -0.489 e. The second-order valence-electron chi connectivity index (χ2n) is 9.80. The molecule has 1 aromatic heterocycles. The summed E-state index contributed by atoms with van der Waals surface area (Å²) in [6.07, 6.45) is -1.39. The first-order chi connectivity index (χ1) is 19.5. The lowest BCUT2D eigenvalue weighted by Crippen LogP contribution is -2.38. The molecule has 0 N–H and O–H groups in total. The molecule has 3 aromatic rings. The van der Waals surface area contributed by atoms with E-state index >= 15 is 0 Å². The van der Waals surface area contributed by atoms with E-state index in [0.717, 1.165) is 23.3 Å². The first-order valence-corrected chi connectivity index (χ1v) is 12.6. The van der Waals surface area contributed by atoms with Crippen molar-refractivity contribution in [2.75, 3.05) is 19.7 Å². The summed E-state index contributed by atoms with van der Waals surface area (Å²) in [5.41, 5.74) is 1.87. The molecular formula is C27H25F3N4O7. The van der Waals surface area contributed by atoms with Gasteiger partial charge >= 0.3 is 24.3 Å². The molecule has 2 aliphatic rings. The van der Waals surface area contributed by atoms with Gasteiger partial charge < -0.3 is 34.0 Å². The van der Waals surface area contributed by atoms with Gasteiger partial charge in [0.25, 0.3) is 0 Å². The molecule has 14 heteroatoms. The SMILES string of the molecule is C[C@]1(COc2ccc(C3=CCN(C(=O)OCc4ccc(OC(F)(F)F)cc4)CC3)cc2)Cn2cc([N+](=O)[O-])nc2O1. The number of carbonyl (C=O) groups is 1. The molecular weight excluding hydrogens is 549 g/mol. The van der Waals surface area contributed by atoms with Crippen LogP contribution in [0.1, 0.15) is 24.5 Å².